The summed E-state index contributed by atoms with van der Waals surface area (Å²) in [5.41, 5.74) is 0.878. The molecule has 1 amide bonds. The van der Waals surface area contributed by atoms with Crippen molar-refractivity contribution in [3.05, 3.63) is 47.9 Å². The molecule has 1 aromatic heterocycles. The number of hydrogen-bond donors (Lipinski definition) is 0. The van der Waals surface area contributed by atoms with Gasteiger partial charge in [0, 0.05) is 30.0 Å². The Morgan fingerprint density at radius 3 is 2.84 bits per heavy atom. The number of carbonyl (C=O) groups is 1. The Bertz CT molecular complexity index is 835. The average Bonchev–Trinajstić information content (AvgIpc) is 2.78. The van der Waals surface area contributed by atoms with Gasteiger partial charge in [-0.25, -0.2) is 4.98 Å². The van der Waals surface area contributed by atoms with E-state index in [0.717, 1.165) is 23.0 Å². The number of nitrogens with zero attached hydrogens (tertiary/aromatic N) is 3. The lowest BCUT2D eigenvalue weighted by Gasteiger charge is -2.32. The van der Waals surface area contributed by atoms with Crippen LogP contribution in [0.15, 0.2) is 36.4 Å². The number of aryl methyl sites for hydroxylation is 1. The van der Waals surface area contributed by atoms with Crippen molar-refractivity contribution in [3.8, 4) is 11.6 Å². The topological polar surface area (TPSA) is 73.8 Å². The van der Waals surface area contributed by atoms with Crippen molar-refractivity contribution in [1.82, 2.24) is 14.9 Å². The first-order valence-electron chi connectivity index (χ1n) is 10.6. The number of carbonyl (C=O) groups excluding carboxylic acids is 1. The molecule has 0 aliphatic carbocycles. The van der Waals surface area contributed by atoms with Crippen molar-refractivity contribution in [1.29, 1.82) is 0 Å². The fourth-order valence-corrected chi connectivity index (χ4v) is 3.81. The molecule has 2 aromatic rings. The van der Waals surface area contributed by atoms with Crippen LogP contribution in [-0.4, -0.2) is 71.3 Å². The third kappa shape index (κ3) is 7.70. The summed E-state index contributed by atoms with van der Waals surface area (Å²) < 4.78 is 17.3. The molecule has 1 atom stereocenters. The van der Waals surface area contributed by atoms with Crippen LogP contribution in [0.4, 0.5) is 0 Å². The molecule has 0 N–H and O–H groups in total. The second-order valence-corrected chi connectivity index (χ2v) is 8.82. The Morgan fingerprint density at radius 2 is 2.06 bits per heavy atom. The molecule has 31 heavy (non-hydrogen) atoms. The summed E-state index contributed by atoms with van der Waals surface area (Å²) >= 11 is 1.59. The van der Waals surface area contributed by atoms with Crippen molar-refractivity contribution >= 4 is 17.7 Å². The molecule has 1 aliphatic rings. The second kappa shape index (κ2) is 11.9. The largest absolute Gasteiger partial charge is 0.493 e. The lowest BCUT2D eigenvalue weighted by atomic mass is 10.2. The molecule has 3 rings (SSSR count). The van der Waals surface area contributed by atoms with Gasteiger partial charge in [0.1, 0.15) is 24.3 Å². The van der Waals surface area contributed by atoms with Crippen molar-refractivity contribution < 1.29 is 19.0 Å². The first kappa shape index (κ1) is 23.3. The molecule has 1 aliphatic heterocycles. The van der Waals surface area contributed by atoms with Crippen LogP contribution in [0.1, 0.15) is 31.3 Å². The molecule has 2 heterocycles. The number of ether oxygens (including phenoxy) is 3. The van der Waals surface area contributed by atoms with Gasteiger partial charge in [-0.2, -0.15) is 4.98 Å². The molecule has 1 aromatic carbocycles. The predicted octanol–water partition coefficient (Wildman–Crippen LogP) is 3.33. The third-order valence-electron chi connectivity index (χ3n) is 4.74. The molecular weight excluding hydrogens is 414 g/mol. The van der Waals surface area contributed by atoms with E-state index in [9.17, 15) is 4.79 Å². The zero-order valence-corrected chi connectivity index (χ0v) is 19.3. The number of morpholine rings is 1. The number of amides is 1. The van der Waals surface area contributed by atoms with Gasteiger partial charge in [-0.15, -0.1) is 11.8 Å². The highest BCUT2D eigenvalue weighted by Gasteiger charge is 2.25. The number of thioether (sulfide) groups is 1. The van der Waals surface area contributed by atoms with Crippen LogP contribution in [-0.2, 0) is 9.53 Å². The molecule has 0 radical (unpaired) electrons. The zero-order chi connectivity index (χ0) is 22.1. The number of benzene rings is 1. The Kier molecular flexibility index (Phi) is 8.97. The monoisotopic (exact) mass is 445 g/mol. The Hall–Kier alpha value is -2.32. The molecule has 7 nitrogen and oxygen atoms in total. The third-order valence-corrected chi connectivity index (χ3v) is 5.64. The molecule has 168 valence electrons. The normalized spacial score (nSPS) is 16.4. The lowest BCUT2D eigenvalue weighted by Crippen LogP contribution is -2.48. The van der Waals surface area contributed by atoms with Gasteiger partial charge < -0.3 is 19.1 Å². The summed E-state index contributed by atoms with van der Waals surface area (Å²) in [4.78, 5) is 23.3. The Morgan fingerprint density at radius 1 is 1.26 bits per heavy atom. The molecule has 0 bridgehead atoms. The maximum absolute atomic E-state index is 12.6. The van der Waals surface area contributed by atoms with Gasteiger partial charge in [-0.1, -0.05) is 32.0 Å². The fourth-order valence-electron chi connectivity index (χ4n) is 3.10. The van der Waals surface area contributed by atoms with Gasteiger partial charge in [0.15, 0.2) is 0 Å². The number of para-hydroxylation sites is 1. The summed E-state index contributed by atoms with van der Waals surface area (Å²) in [5.74, 6) is 3.73. The van der Waals surface area contributed by atoms with Crippen LogP contribution < -0.4 is 9.47 Å². The second-order valence-electron chi connectivity index (χ2n) is 7.72. The summed E-state index contributed by atoms with van der Waals surface area (Å²) in [7, 11) is 0. The minimum Gasteiger partial charge on any atom is -0.493 e. The smallest absolute Gasteiger partial charge is 0.232 e. The first-order chi connectivity index (χ1) is 15.0. The number of aromatic nitrogens is 2. The SMILES string of the molecule is Cc1cc(OCC2CN(C(=O)CSCCOc3ccccc3)CCO2)nc(C(C)C)n1. The molecule has 1 fully saturated rings. The molecular formula is C23H31N3O4S. The quantitative estimate of drug-likeness (QED) is 0.519. The molecule has 1 unspecified atom stereocenters. The standard InChI is InChI=1S/C23H31N3O4S/c1-17(2)23-24-18(3)13-21(25-23)30-15-20-14-26(9-10-28-20)22(27)16-31-12-11-29-19-7-5-4-6-8-19/h4-8,13,17,20H,9-12,14-16H2,1-3H3. The first-order valence-corrected chi connectivity index (χ1v) is 11.8. The van der Waals surface area contributed by atoms with Gasteiger partial charge in [0.2, 0.25) is 11.8 Å². The minimum absolute atomic E-state index is 0.123. The van der Waals surface area contributed by atoms with E-state index in [1.807, 2.05) is 48.2 Å². The van der Waals surface area contributed by atoms with E-state index in [4.69, 9.17) is 14.2 Å². The summed E-state index contributed by atoms with van der Waals surface area (Å²) in [6.07, 6.45) is -0.165. The minimum atomic E-state index is -0.165. The fraction of sp³-hybridized carbons (Fsp3) is 0.522. The number of rotatable bonds is 10. The number of hydrogen-bond acceptors (Lipinski definition) is 7. The van der Waals surface area contributed by atoms with Crippen LogP contribution in [0.25, 0.3) is 0 Å². The van der Waals surface area contributed by atoms with E-state index in [0.29, 0.717) is 44.5 Å². The average molecular weight is 446 g/mol. The van der Waals surface area contributed by atoms with Gasteiger partial charge >= 0.3 is 0 Å². The van der Waals surface area contributed by atoms with Gasteiger partial charge in [0.25, 0.3) is 0 Å². The van der Waals surface area contributed by atoms with Crippen LogP contribution in [0.3, 0.4) is 0 Å². The van der Waals surface area contributed by atoms with Gasteiger partial charge in [-0.3, -0.25) is 4.79 Å². The van der Waals surface area contributed by atoms with Crippen LogP contribution in [0.2, 0.25) is 0 Å². The highest BCUT2D eigenvalue weighted by atomic mass is 32.2. The molecule has 0 saturated carbocycles. The van der Waals surface area contributed by atoms with Gasteiger partial charge in [0.05, 0.1) is 25.5 Å². The molecule has 1 saturated heterocycles. The van der Waals surface area contributed by atoms with Crippen molar-refractivity contribution in [2.75, 3.05) is 44.4 Å². The highest BCUT2D eigenvalue weighted by Crippen LogP contribution is 2.17. The van der Waals surface area contributed by atoms with Crippen molar-refractivity contribution in [2.24, 2.45) is 0 Å². The van der Waals surface area contributed by atoms with Gasteiger partial charge in [-0.05, 0) is 19.1 Å². The van der Waals surface area contributed by atoms with E-state index in [-0.39, 0.29) is 17.9 Å². The predicted molar refractivity (Wildman–Crippen MR) is 122 cm³/mol. The van der Waals surface area contributed by atoms with E-state index >= 15 is 0 Å². The van der Waals surface area contributed by atoms with Crippen LogP contribution in [0.5, 0.6) is 11.6 Å². The van der Waals surface area contributed by atoms with Crippen molar-refractivity contribution in [3.63, 3.8) is 0 Å². The molecule has 0 spiro atoms. The van der Waals surface area contributed by atoms with Crippen LogP contribution >= 0.6 is 11.8 Å². The van der Waals surface area contributed by atoms with Crippen LogP contribution in [0, 0.1) is 6.92 Å². The van der Waals surface area contributed by atoms with E-state index in [1.54, 1.807) is 11.8 Å². The maximum atomic E-state index is 12.6. The summed E-state index contributed by atoms with van der Waals surface area (Å²) in [6.45, 7) is 8.63. The zero-order valence-electron chi connectivity index (χ0n) is 18.5. The highest BCUT2D eigenvalue weighted by molar-refractivity contribution is 7.99. The summed E-state index contributed by atoms with van der Waals surface area (Å²) in [6, 6.07) is 11.5. The van der Waals surface area contributed by atoms with Crippen molar-refractivity contribution in [2.45, 2.75) is 32.8 Å². The van der Waals surface area contributed by atoms with E-state index < -0.39 is 0 Å². The summed E-state index contributed by atoms with van der Waals surface area (Å²) in [5, 5.41) is 0. The van der Waals surface area contributed by atoms with E-state index in [1.165, 1.54) is 0 Å². The van der Waals surface area contributed by atoms with E-state index in [2.05, 4.69) is 23.8 Å². The Balaban J connectivity index is 1.38. The molecule has 8 heteroatoms. The Labute approximate surface area is 188 Å². The maximum Gasteiger partial charge on any atom is 0.232 e. The lowest BCUT2D eigenvalue weighted by molar-refractivity contribution is -0.137.